The Morgan fingerprint density at radius 3 is 2.50 bits per heavy atom. The van der Waals surface area contributed by atoms with Crippen LogP contribution in [-0.2, 0) is 33.2 Å². The van der Waals surface area contributed by atoms with E-state index in [0.717, 1.165) is 29.8 Å². The highest BCUT2D eigenvalue weighted by molar-refractivity contribution is 7.89. The van der Waals surface area contributed by atoms with Gasteiger partial charge in [0.25, 0.3) is 5.91 Å². The molecule has 1 aromatic heterocycles. The summed E-state index contributed by atoms with van der Waals surface area (Å²) in [5.41, 5.74) is 0.604. The van der Waals surface area contributed by atoms with Gasteiger partial charge in [0.15, 0.2) is 0 Å². The highest BCUT2D eigenvalue weighted by Crippen LogP contribution is 2.29. The second-order valence-electron chi connectivity index (χ2n) is 6.52. The minimum atomic E-state index is -4.51. The van der Waals surface area contributed by atoms with Crippen LogP contribution >= 0.6 is 0 Å². The lowest BCUT2D eigenvalue weighted by molar-refractivity contribution is -0.137. The molecule has 160 valence electrons. The van der Waals surface area contributed by atoms with E-state index >= 15 is 0 Å². The predicted molar refractivity (Wildman–Crippen MR) is 103 cm³/mol. The van der Waals surface area contributed by atoms with E-state index < -0.39 is 33.4 Å². The smallest absolute Gasteiger partial charge is 0.383 e. The van der Waals surface area contributed by atoms with E-state index in [-0.39, 0.29) is 11.1 Å². The molecule has 0 unspecified atom stereocenters. The topological polar surface area (TPSA) is 90.3 Å². The van der Waals surface area contributed by atoms with Crippen LogP contribution in [0, 0.1) is 0 Å². The summed E-state index contributed by atoms with van der Waals surface area (Å²) in [5.74, 6) is -1.49. The number of amides is 1. The predicted octanol–water partition coefficient (Wildman–Crippen LogP) is 2.96. The van der Waals surface area contributed by atoms with E-state index in [9.17, 15) is 26.4 Å². The van der Waals surface area contributed by atoms with E-state index in [4.69, 9.17) is 4.74 Å². The Morgan fingerprint density at radius 2 is 1.87 bits per heavy atom. The number of rotatable bonds is 7. The van der Waals surface area contributed by atoms with Gasteiger partial charge in [-0.2, -0.15) is 13.2 Å². The number of methoxy groups -OCH3 is 1. The van der Waals surface area contributed by atoms with Crippen molar-refractivity contribution in [3.63, 3.8) is 0 Å². The molecule has 0 saturated heterocycles. The van der Waals surface area contributed by atoms with Crippen LogP contribution in [0.5, 0.6) is 0 Å². The first-order valence-corrected chi connectivity index (χ1v) is 10.4. The standard InChI is InChI=1S/C19H18F3N3O4S/c1-29-9-8-25-12-23-16-10-14(4-7-17(16)25)18(26)24-30(27,28)11-13-2-5-15(6-3-13)19(20,21)22/h2-7,10,12H,8-9,11H2,1H3,(H,24,26). The van der Waals surface area contributed by atoms with Crippen molar-refractivity contribution < 1.29 is 31.1 Å². The largest absolute Gasteiger partial charge is 0.416 e. The number of nitrogens with one attached hydrogen (secondary N) is 1. The molecule has 0 aliphatic carbocycles. The Bertz CT molecular complexity index is 1160. The monoisotopic (exact) mass is 441 g/mol. The molecule has 0 aliphatic rings. The molecule has 11 heteroatoms. The van der Waals surface area contributed by atoms with Gasteiger partial charge >= 0.3 is 6.18 Å². The minimum Gasteiger partial charge on any atom is -0.383 e. The van der Waals surface area contributed by atoms with Gasteiger partial charge in [-0.1, -0.05) is 12.1 Å². The van der Waals surface area contributed by atoms with Crippen molar-refractivity contribution in [1.82, 2.24) is 14.3 Å². The molecule has 7 nitrogen and oxygen atoms in total. The van der Waals surface area contributed by atoms with Gasteiger partial charge in [0.1, 0.15) is 0 Å². The summed E-state index contributed by atoms with van der Waals surface area (Å²) < 4.78 is 71.1. The number of hydrogen-bond acceptors (Lipinski definition) is 5. The highest BCUT2D eigenvalue weighted by atomic mass is 32.2. The summed E-state index contributed by atoms with van der Waals surface area (Å²) in [4.78, 5) is 16.6. The summed E-state index contributed by atoms with van der Waals surface area (Å²) in [6.45, 7) is 1.05. The average Bonchev–Trinajstić information content (AvgIpc) is 3.07. The van der Waals surface area contributed by atoms with Gasteiger partial charge in [-0.3, -0.25) is 4.79 Å². The number of ether oxygens (including phenoxy) is 1. The Hall–Kier alpha value is -2.92. The van der Waals surface area contributed by atoms with E-state index in [0.29, 0.717) is 18.7 Å². The first-order valence-electron chi connectivity index (χ1n) is 8.74. The Morgan fingerprint density at radius 1 is 1.17 bits per heavy atom. The molecule has 0 aliphatic heterocycles. The lowest BCUT2D eigenvalue weighted by atomic mass is 10.1. The van der Waals surface area contributed by atoms with Gasteiger partial charge < -0.3 is 9.30 Å². The maximum Gasteiger partial charge on any atom is 0.416 e. The molecule has 3 rings (SSSR count). The number of aromatic nitrogens is 2. The normalized spacial score (nSPS) is 12.3. The molecule has 0 saturated carbocycles. The van der Waals surface area contributed by atoms with Crippen molar-refractivity contribution >= 4 is 27.0 Å². The van der Waals surface area contributed by atoms with Crippen LogP contribution in [0.1, 0.15) is 21.5 Å². The zero-order valence-electron chi connectivity index (χ0n) is 15.8. The fourth-order valence-corrected chi connectivity index (χ4v) is 3.92. The van der Waals surface area contributed by atoms with Crippen molar-refractivity contribution in [2.45, 2.75) is 18.5 Å². The van der Waals surface area contributed by atoms with E-state index in [1.165, 1.54) is 12.1 Å². The SMILES string of the molecule is COCCn1cnc2cc(C(=O)NS(=O)(=O)Cc3ccc(C(F)(F)F)cc3)ccc21. The van der Waals surface area contributed by atoms with E-state index in [2.05, 4.69) is 4.98 Å². The van der Waals surface area contributed by atoms with Crippen molar-refractivity contribution in [3.8, 4) is 0 Å². The summed E-state index contributed by atoms with van der Waals surface area (Å²) in [5, 5.41) is 0. The maximum absolute atomic E-state index is 12.6. The zero-order valence-corrected chi connectivity index (χ0v) is 16.6. The molecule has 1 N–H and O–H groups in total. The van der Waals surface area contributed by atoms with Crippen LogP contribution in [-0.4, -0.2) is 37.6 Å². The molecule has 1 amide bonds. The van der Waals surface area contributed by atoms with Crippen molar-refractivity contribution in [1.29, 1.82) is 0 Å². The van der Waals surface area contributed by atoms with Gasteiger partial charge in [-0.15, -0.1) is 0 Å². The maximum atomic E-state index is 12.6. The average molecular weight is 441 g/mol. The zero-order chi connectivity index (χ0) is 21.9. The van der Waals surface area contributed by atoms with Gasteiger partial charge in [-0.05, 0) is 35.9 Å². The molecule has 1 heterocycles. The molecule has 30 heavy (non-hydrogen) atoms. The fraction of sp³-hybridized carbons (Fsp3) is 0.263. The van der Waals surface area contributed by atoms with E-state index in [1.807, 2.05) is 9.29 Å². The van der Waals surface area contributed by atoms with Crippen LogP contribution in [0.4, 0.5) is 13.2 Å². The number of halogens is 3. The number of nitrogens with zero attached hydrogens (tertiary/aromatic N) is 2. The highest BCUT2D eigenvalue weighted by Gasteiger charge is 2.30. The second kappa shape index (κ2) is 8.44. The lowest BCUT2D eigenvalue weighted by Gasteiger charge is -2.09. The van der Waals surface area contributed by atoms with Crippen molar-refractivity contribution in [2.24, 2.45) is 0 Å². The number of carbonyl (C=O) groups excluding carboxylic acids is 1. The van der Waals surface area contributed by atoms with Gasteiger partial charge in [0.05, 0.1) is 35.3 Å². The first kappa shape index (κ1) is 21.8. The molecule has 0 spiro atoms. The third-order valence-corrected chi connectivity index (χ3v) is 5.52. The summed E-state index contributed by atoms with van der Waals surface area (Å²) in [6.07, 6.45) is -2.92. The minimum absolute atomic E-state index is 0.0930. The van der Waals surface area contributed by atoms with Crippen LogP contribution in [0.15, 0.2) is 48.8 Å². The van der Waals surface area contributed by atoms with Crippen LogP contribution in [0.2, 0.25) is 0 Å². The van der Waals surface area contributed by atoms with Crippen LogP contribution in [0.25, 0.3) is 11.0 Å². The molecule has 0 atom stereocenters. The van der Waals surface area contributed by atoms with Gasteiger partial charge in [0, 0.05) is 19.2 Å². The summed E-state index contributed by atoms with van der Waals surface area (Å²) >= 11 is 0. The quantitative estimate of drug-likeness (QED) is 0.609. The fourth-order valence-electron chi connectivity index (χ4n) is 2.82. The number of benzene rings is 2. The molecule has 3 aromatic rings. The molecular formula is C19H18F3N3O4S. The number of fused-ring (bicyclic) bond motifs is 1. The summed E-state index contributed by atoms with van der Waals surface area (Å²) in [6, 6.07) is 8.28. The van der Waals surface area contributed by atoms with E-state index in [1.54, 1.807) is 19.5 Å². The lowest BCUT2D eigenvalue weighted by Crippen LogP contribution is -2.31. The van der Waals surface area contributed by atoms with Crippen molar-refractivity contribution in [3.05, 3.63) is 65.5 Å². The van der Waals surface area contributed by atoms with Crippen LogP contribution < -0.4 is 4.72 Å². The van der Waals surface area contributed by atoms with Crippen molar-refractivity contribution in [2.75, 3.05) is 13.7 Å². The number of hydrogen-bond donors (Lipinski definition) is 1. The Kier molecular flexibility index (Phi) is 6.13. The Balaban J connectivity index is 1.71. The molecule has 0 radical (unpaired) electrons. The third kappa shape index (κ3) is 5.16. The number of imidazole rings is 1. The second-order valence-corrected chi connectivity index (χ2v) is 8.24. The Labute approximate surface area is 170 Å². The molecule has 0 fully saturated rings. The molecule has 2 aromatic carbocycles. The number of carbonyl (C=O) groups is 1. The van der Waals surface area contributed by atoms with Gasteiger partial charge in [-0.25, -0.2) is 18.1 Å². The first-order chi connectivity index (χ1) is 14.1. The summed E-state index contributed by atoms with van der Waals surface area (Å²) in [7, 11) is -2.54. The van der Waals surface area contributed by atoms with Gasteiger partial charge in [0.2, 0.25) is 10.0 Å². The number of sulfonamides is 1. The number of alkyl halides is 3. The molecular weight excluding hydrogens is 423 g/mol. The third-order valence-electron chi connectivity index (χ3n) is 4.31. The molecule has 0 bridgehead atoms. The van der Waals surface area contributed by atoms with Crippen LogP contribution in [0.3, 0.4) is 0 Å².